The van der Waals surface area contributed by atoms with Gasteiger partial charge in [0.25, 0.3) is 0 Å². The minimum atomic E-state index is 0.123. The second-order valence-corrected chi connectivity index (χ2v) is 8.33. The van der Waals surface area contributed by atoms with Gasteiger partial charge in [-0.2, -0.15) is 0 Å². The maximum atomic E-state index is 12.7. The maximum absolute atomic E-state index is 12.7. The molecular formula is C23H27N5O3S. The van der Waals surface area contributed by atoms with E-state index >= 15 is 0 Å². The first-order chi connectivity index (χ1) is 15.7. The lowest BCUT2D eigenvalue weighted by atomic mass is 10.2. The molecule has 0 aliphatic carbocycles. The van der Waals surface area contributed by atoms with E-state index in [2.05, 4.69) is 27.2 Å². The molecule has 9 heteroatoms. The fraction of sp³-hybridized carbons (Fsp3) is 0.348. The predicted molar refractivity (Wildman–Crippen MR) is 124 cm³/mol. The second kappa shape index (κ2) is 10.4. The number of hydrogen-bond donors (Lipinski definition) is 0. The monoisotopic (exact) mass is 453 g/mol. The van der Waals surface area contributed by atoms with Gasteiger partial charge in [0.05, 0.1) is 12.9 Å². The number of thioether (sulfide) groups is 1. The lowest BCUT2D eigenvalue weighted by molar-refractivity contribution is -0.128. The van der Waals surface area contributed by atoms with Gasteiger partial charge in [-0.25, -0.2) is 0 Å². The number of carbonyl (C=O) groups is 1. The Bertz CT molecular complexity index is 1040. The Hall–Kier alpha value is -3.20. The van der Waals surface area contributed by atoms with Crippen molar-refractivity contribution in [1.82, 2.24) is 19.7 Å². The largest absolute Gasteiger partial charge is 0.493 e. The molecule has 1 amide bonds. The molecule has 0 bridgehead atoms. The minimum absolute atomic E-state index is 0.123. The molecule has 0 spiro atoms. The van der Waals surface area contributed by atoms with Gasteiger partial charge in [0.2, 0.25) is 5.91 Å². The molecule has 32 heavy (non-hydrogen) atoms. The van der Waals surface area contributed by atoms with Gasteiger partial charge < -0.3 is 23.8 Å². The summed E-state index contributed by atoms with van der Waals surface area (Å²) in [6.45, 7) is 3.40. The number of piperazine rings is 1. The van der Waals surface area contributed by atoms with Gasteiger partial charge in [0.15, 0.2) is 22.5 Å². The highest BCUT2D eigenvalue weighted by Gasteiger charge is 2.22. The number of ether oxygens (including phenoxy) is 2. The number of hydrogen-bond acceptors (Lipinski definition) is 7. The molecule has 0 N–H and O–H groups in total. The van der Waals surface area contributed by atoms with Crippen LogP contribution in [0.4, 0.5) is 5.69 Å². The van der Waals surface area contributed by atoms with Crippen LogP contribution < -0.4 is 14.4 Å². The summed E-state index contributed by atoms with van der Waals surface area (Å²) in [5.74, 6) is 2.46. The van der Waals surface area contributed by atoms with Gasteiger partial charge in [-0.3, -0.25) is 4.79 Å². The van der Waals surface area contributed by atoms with Crippen LogP contribution in [0, 0.1) is 0 Å². The summed E-state index contributed by atoms with van der Waals surface area (Å²) >= 11 is 1.40. The fourth-order valence-electron chi connectivity index (χ4n) is 3.55. The Morgan fingerprint density at radius 3 is 2.38 bits per heavy atom. The van der Waals surface area contributed by atoms with Crippen molar-refractivity contribution in [2.24, 2.45) is 7.05 Å². The highest BCUT2D eigenvalue weighted by Crippen LogP contribution is 2.27. The molecule has 2 aromatic carbocycles. The van der Waals surface area contributed by atoms with E-state index in [1.165, 1.54) is 17.4 Å². The molecule has 4 rings (SSSR count). The molecule has 2 heterocycles. The zero-order chi connectivity index (χ0) is 22.3. The van der Waals surface area contributed by atoms with Crippen LogP contribution in [0.15, 0.2) is 59.8 Å². The van der Waals surface area contributed by atoms with E-state index in [1.54, 1.807) is 7.11 Å². The molecule has 0 atom stereocenters. The summed E-state index contributed by atoms with van der Waals surface area (Å²) in [6.07, 6.45) is 0. The van der Waals surface area contributed by atoms with Gasteiger partial charge in [-0.15, -0.1) is 10.2 Å². The van der Waals surface area contributed by atoms with Gasteiger partial charge in [0.1, 0.15) is 6.61 Å². The Kier molecular flexibility index (Phi) is 7.16. The first kappa shape index (κ1) is 22.0. The molecule has 1 aromatic heterocycles. The SMILES string of the molecule is COc1ccccc1OCc1nnc(SCC(=O)N2CCN(c3ccccc3)CC2)n1C. The smallest absolute Gasteiger partial charge is 0.233 e. The van der Waals surface area contributed by atoms with E-state index in [0.717, 1.165) is 26.2 Å². The fourth-order valence-corrected chi connectivity index (χ4v) is 4.38. The molecule has 0 radical (unpaired) electrons. The molecule has 8 nitrogen and oxygen atoms in total. The summed E-state index contributed by atoms with van der Waals surface area (Å²) < 4.78 is 13.0. The molecule has 0 saturated carbocycles. The Labute approximate surface area is 192 Å². The topological polar surface area (TPSA) is 72.7 Å². The van der Waals surface area contributed by atoms with E-state index in [1.807, 2.05) is 59.0 Å². The number of aromatic nitrogens is 3. The highest BCUT2D eigenvalue weighted by molar-refractivity contribution is 7.99. The Morgan fingerprint density at radius 2 is 1.66 bits per heavy atom. The van der Waals surface area contributed by atoms with E-state index in [-0.39, 0.29) is 12.5 Å². The third-order valence-electron chi connectivity index (χ3n) is 5.43. The van der Waals surface area contributed by atoms with Crippen molar-refractivity contribution in [3.8, 4) is 11.5 Å². The number of amides is 1. The van der Waals surface area contributed by atoms with E-state index in [9.17, 15) is 4.79 Å². The summed E-state index contributed by atoms with van der Waals surface area (Å²) in [5.41, 5.74) is 1.20. The molecule has 1 saturated heterocycles. The number of methoxy groups -OCH3 is 1. The summed E-state index contributed by atoms with van der Waals surface area (Å²) in [5, 5.41) is 9.13. The average molecular weight is 454 g/mol. The van der Waals surface area contributed by atoms with Gasteiger partial charge in [-0.1, -0.05) is 42.1 Å². The first-order valence-corrected chi connectivity index (χ1v) is 11.5. The Morgan fingerprint density at radius 1 is 0.969 bits per heavy atom. The number of para-hydroxylation sites is 3. The highest BCUT2D eigenvalue weighted by atomic mass is 32.2. The molecule has 1 aliphatic rings. The number of nitrogens with zero attached hydrogens (tertiary/aromatic N) is 5. The third kappa shape index (κ3) is 5.16. The van der Waals surface area contributed by atoms with Crippen molar-refractivity contribution in [3.05, 3.63) is 60.4 Å². The van der Waals surface area contributed by atoms with Crippen molar-refractivity contribution in [2.45, 2.75) is 11.8 Å². The van der Waals surface area contributed by atoms with E-state index < -0.39 is 0 Å². The molecular weight excluding hydrogens is 426 g/mol. The average Bonchev–Trinajstić information content (AvgIpc) is 3.21. The van der Waals surface area contributed by atoms with Crippen LogP contribution in [-0.2, 0) is 18.4 Å². The van der Waals surface area contributed by atoms with Crippen LogP contribution in [0.1, 0.15) is 5.82 Å². The Balaban J connectivity index is 1.26. The quantitative estimate of drug-likeness (QED) is 0.486. The van der Waals surface area contributed by atoms with Crippen LogP contribution in [-0.4, -0.2) is 64.6 Å². The third-order valence-corrected chi connectivity index (χ3v) is 6.43. The lowest BCUT2D eigenvalue weighted by Gasteiger charge is -2.36. The van der Waals surface area contributed by atoms with Crippen molar-refractivity contribution in [2.75, 3.05) is 43.9 Å². The first-order valence-electron chi connectivity index (χ1n) is 10.5. The van der Waals surface area contributed by atoms with Crippen LogP contribution in [0.25, 0.3) is 0 Å². The molecule has 3 aromatic rings. The van der Waals surface area contributed by atoms with Crippen LogP contribution in [0.5, 0.6) is 11.5 Å². The second-order valence-electron chi connectivity index (χ2n) is 7.39. The van der Waals surface area contributed by atoms with Gasteiger partial charge >= 0.3 is 0 Å². The lowest BCUT2D eigenvalue weighted by Crippen LogP contribution is -2.49. The zero-order valence-corrected chi connectivity index (χ0v) is 19.1. The van der Waals surface area contributed by atoms with Crippen molar-refractivity contribution < 1.29 is 14.3 Å². The summed E-state index contributed by atoms with van der Waals surface area (Å²) in [7, 11) is 3.49. The zero-order valence-electron chi connectivity index (χ0n) is 18.3. The molecule has 0 unspecified atom stereocenters. The van der Waals surface area contributed by atoms with Crippen LogP contribution in [0.3, 0.4) is 0 Å². The number of anilines is 1. The number of rotatable bonds is 8. The van der Waals surface area contributed by atoms with Gasteiger partial charge in [0, 0.05) is 38.9 Å². The number of benzene rings is 2. The molecule has 1 aliphatic heterocycles. The van der Waals surface area contributed by atoms with Crippen molar-refractivity contribution >= 4 is 23.4 Å². The maximum Gasteiger partial charge on any atom is 0.233 e. The van der Waals surface area contributed by atoms with E-state index in [0.29, 0.717) is 28.2 Å². The van der Waals surface area contributed by atoms with Crippen molar-refractivity contribution in [3.63, 3.8) is 0 Å². The van der Waals surface area contributed by atoms with Crippen molar-refractivity contribution in [1.29, 1.82) is 0 Å². The van der Waals surface area contributed by atoms with E-state index in [4.69, 9.17) is 9.47 Å². The standard InChI is InChI=1S/C23H27N5O3S/c1-26-21(16-31-20-11-7-6-10-19(20)30-2)24-25-23(26)32-17-22(29)28-14-12-27(13-15-28)18-8-4-3-5-9-18/h3-11H,12-17H2,1-2H3. The minimum Gasteiger partial charge on any atom is -0.493 e. The summed E-state index contributed by atoms with van der Waals surface area (Å²) in [6, 6.07) is 17.8. The predicted octanol–water partition coefficient (Wildman–Crippen LogP) is 2.84. The van der Waals surface area contributed by atoms with Gasteiger partial charge in [-0.05, 0) is 24.3 Å². The number of carbonyl (C=O) groups excluding carboxylic acids is 1. The molecule has 168 valence electrons. The summed E-state index contributed by atoms with van der Waals surface area (Å²) in [4.78, 5) is 16.9. The van der Waals surface area contributed by atoms with Crippen LogP contribution in [0.2, 0.25) is 0 Å². The van der Waals surface area contributed by atoms with Crippen LogP contribution >= 0.6 is 11.8 Å². The molecule has 1 fully saturated rings. The normalized spacial score (nSPS) is 13.8.